The number of benzene rings is 2. The molecule has 0 radical (unpaired) electrons. The summed E-state index contributed by atoms with van der Waals surface area (Å²) in [6.07, 6.45) is 0. The van der Waals surface area contributed by atoms with Gasteiger partial charge in [-0.2, -0.15) is 0 Å². The molecule has 0 atom stereocenters. The molecule has 1 amide bonds. The van der Waals surface area contributed by atoms with Gasteiger partial charge in [0.05, 0.1) is 16.3 Å². The number of hydrogen-bond donors (Lipinski definition) is 2. The van der Waals surface area contributed by atoms with Gasteiger partial charge in [0.25, 0.3) is 5.91 Å². The van der Waals surface area contributed by atoms with Gasteiger partial charge in [0, 0.05) is 6.07 Å². The van der Waals surface area contributed by atoms with E-state index in [2.05, 4.69) is 5.32 Å². The Morgan fingerprint density at radius 3 is 2.40 bits per heavy atom. The number of rotatable bonds is 2. The van der Waals surface area contributed by atoms with Gasteiger partial charge in [0.15, 0.2) is 5.82 Å². The van der Waals surface area contributed by atoms with Crippen molar-refractivity contribution in [2.75, 3.05) is 11.1 Å². The summed E-state index contributed by atoms with van der Waals surface area (Å²) in [7, 11) is 0. The van der Waals surface area contributed by atoms with Crippen LogP contribution in [0.25, 0.3) is 0 Å². The van der Waals surface area contributed by atoms with Crippen molar-refractivity contribution in [1.29, 1.82) is 0 Å². The van der Waals surface area contributed by atoms with Gasteiger partial charge in [-0.3, -0.25) is 4.79 Å². The van der Waals surface area contributed by atoms with Crippen LogP contribution in [0.5, 0.6) is 0 Å². The van der Waals surface area contributed by atoms with E-state index in [1.165, 1.54) is 0 Å². The second kappa shape index (κ2) is 5.42. The summed E-state index contributed by atoms with van der Waals surface area (Å²) in [6.45, 7) is 0. The normalized spacial score (nSPS) is 10.4. The highest BCUT2D eigenvalue weighted by Gasteiger charge is 2.16. The molecule has 3 N–H and O–H groups in total. The third-order valence-corrected chi connectivity index (χ3v) is 2.81. The Hall–Kier alpha value is -2.21. The third kappa shape index (κ3) is 2.85. The van der Waals surface area contributed by atoms with Crippen LogP contribution >= 0.6 is 11.6 Å². The molecule has 2 aromatic carbocycles. The van der Waals surface area contributed by atoms with E-state index in [0.717, 1.165) is 24.3 Å². The van der Waals surface area contributed by atoms with E-state index in [0.29, 0.717) is 6.07 Å². The number of nitrogens with two attached hydrogens (primary N) is 1. The maximum Gasteiger partial charge on any atom is 0.257 e. The minimum Gasteiger partial charge on any atom is -0.397 e. The fourth-order valence-corrected chi connectivity index (χ4v) is 1.83. The molecule has 0 spiro atoms. The lowest BCUT2D eigenvalue weighted by atomic mass is 10.2. The summed E-state index contributed by atoms with van der Waals surface area (Å²) in [4.78, 5) is 11.9. The van der Waals surface area contributed by atoms with Crippen molar-refractivity contribution in [2.45, 2.75) is 0 Å². The van der Waals surface area contributed by atoms with Crippen LogP contribution in [0.1, 0.15) is 10.4 Å². The molecule has 3 nitrogen and oxygen atoms in total. The first-order valence-electron chi connectivity index (χ1n) is 5.39. The fraction of sp³-hybridized carbons (Fsp3) is 0. The molecule has 0 heterocycles. The van der Waals surface area contributed by atoms with Crippen LogP contribution in [-0.4, -0.2) is 5.91 Å². The summed E-state index contributed by atoms with van der Waals surface area (Å²) in [6, 6.07) is 4.57. The zero-order chi connectivity index (χ0) is 14.9. The molecule has 0 aliphatic rings. The smallest absolute Gasteiger partial charge is 0.257 e. The quantitative estimate of drug-likeness (QED) is 0.833. The molecule has 20 heavy (non-hydrogen) atoms. The number of nitrogens with one attached hydrogen (secondary N) is 1. The van der Waals surface area contributed by atoms with Crippen molar-refractivity contribution in [3.8, 4) is 0 Å². The lowest BCUT2D eigenvalue weighted by Gasteiger charge is -2.10. The van der Waals surface area contributed by atoms with Gasteiger partial charge in [-0.1, -0.05) is 11.6 Å². The summed E-state index contributed by atoms with van der Waals surface area (Å²) in [5.74, 6) is -3.28. The molecule has 2 aromatic rings. The van der Waals surface area contributed by atoms with Crippen molar-refractivity contribution in [3.05, 3.63) is 58.4 Å². The molecule has 0 fully saturated rings. The van der Waals surface area contributed by atoms with E-state index >= 15 is 0 Å². The second-order valence-electron chi connectivity index (χ2n) is 3.93. The Morgan fingerprint density at radius 2 is 1.80 bits per heavy atom. The van der Waals surface area contributed by atoms with Crippen molar-refractivity contribution < 1.29 is 18.0 Å². The summed E-state index contributed by atoms with van der Waals surface area (Å²) in [5, 5.41) is 2.03. The summed E-state index contributed by atoms with van der Waals surface area (Å²) < 4.78 is 39.3. The standard InChI is InChI=1S/C13H8ClF3N2O/c14-9-3-6(15)1-2-8(9)13(20)19-12-10(17)4-7(16)5-11(12)18/h1-5H,18H2,(H,19,20). The molecule has 0 aliphatic carbocycles. The van der Waals surface area contributed by atoms with Crippen molar-refractivity contribution >= 4 is 28.9 Å². The Morgan fingerprint density at radius 1 is 1.10 bits per heavy atom. The molecule has 0 saturated carbocycles. The van der Waals surface area contributed by atoms with Crippen LogP contribution in [0, 0.1) is 17.5 Å². The highest BCUT2D eigenvalue weighted by molar-refractivity contribution is 6.34. The summed E-state index contributed by atoms with van der Waals surface area (Å²) >= 11 is 5.71. The number of carbonyl (C=O) groups excluding carboxylic acids is 1. The van der Waals surface area contributed by atoms with E-state index in [1.807, 2.05) is 0 Å². The highest BCUT2D eigenvalue weighted by Crippen LogP contribution is 2.25. The Bertz CT molecular complexity index is 668. The first-order valence-corrected chi connectivity index (χ1v) is 5.77. The predicted octanol–water partition coefficient (Wildman–Crippen LogP) is 3.59. The minimum atomic E-state index is -1.02. The van der Waals surface area contributed by atoms with Crippen LogP contribution in [0.3, 0.4) is 0 Å². The molecular formula is C13H8ClF3N2O. The third-order valence-electron chi connectivity index (χ3n) is 2.50. The van der Waals surface area contributed by atoms with Crippen LogP contribution in [0.2, 0.25) is 5.02 Å². The van der Waals surface area contributed by atoms with Crippen molar-refractivity contribution in [1.82, 2.24) is 0 Å². The molecule has 7 heteroatoms. The average molecular weight is 301 g/mol. The Kier molecular flexibility index (Phi) is 3.85. The molecule has 0 aromatic heterocycles. The number of nitrogen functional groups attached to an aromatic ring is 1. The fourth-order valence-electron chi connectivity index (χ4n) is 1.58. The van der Waals surface area contributed by atoms with Gasteiger partial charge >= 0.3 is 0 Å². The maximum atomic E-state index is 13.5. The van der Waals surface area contributed by atoms with Crippen molar-refractivity contribution in [3.63, 3.8) is 0 Å². The van der Waals surface area contributed by atoms with Crippen LogP contribution in [0.15, 0.2) is 30.3 Å². The first-order chi connectivity index (χ1) is 9.38. The number of anilines is 2. The number of hydrogen-bond acceptors (Lipinski definition) is 2. The first kappa shape index (κ1) is 14.2. The minimum absolute atomic E-state index is 0.0591. The SMILES string of the molecule is Nc1cc(F)cc(F)c1NC(=O)c1ccc(F)cc1Cl. The van der Waals surface area contributed by atoms with Gasteiger partial charge in [-0.15, -0.1) is 0 Å². The van der Waals surface area contributed by atoms with Gasteiger partial charge in [0.1, 0.15) is 17.3 Å². The highest BCUT2D eigenvalue weighted by atomic mass is 35.5. The Labute approximate surface area is 117 Å². The lowest BCUT2D eigenvalue weighted by Crippen LogP contribution is -2.15. The topological polar surface area (TPSA) is 55.1 Å². The zero-order valence-corrected chi connectivity index (χ0v) is 10.6. The second-order valence-corrected chi connectivity index (χ2v) is 4.34. The van der Waals surface area contributed by atoms with E-state index in [4.69, 9.17) is 17.3 Å². The molecule has 104 valence electrons. The number of carbonyl (C=O) groups is 1. The van der Waals surface area contributed by atoms with E-state index in [1.54, 1.807) is 0 Å². The number of amides is 1. The van der Waals surface area contributed by atoms with Crippen LogP contribution in [0.4, 0.5) is 24.5 Å². The molecule has 0 aliphatic heterocycles. The van der Waals surface area contributed by atoms with E-state index in [-0.39, 0.29) is 22.0 Å². The van der Waals surface area contributed by atoms with E-state index in [9.17, 15) is 18.0 Å². The Balaban J connectivity index is 2.33. The van der Waals surface area contributed by atoms with E-state index < -0.39 is 23.4 Å². The van der Waals surface area contributed by atoms with Gasteiger partial charge < -0.3 is 11.1 Å². The maximum absolute atomic E-state index is 13.5. The van der Waals surface area contributed by atoms with Gasteiger partial charge in [0.2, 0.25) is 0 Å². The van der Waals surface area contributed by atoms with Crippen LogP contribution in [-0.2, 0) is 0 Å². The number of halogens is 4. The summed E-state index contributed by atoms with van der Waals surface area (Å²) in [5.41, 5.74) is 4.73. The molecule has 2 rings (SSSR count). The zero-order valence-electron chi connectivity index (χ0n) is 9.88. The molecule has 0 unspecified atom stereocenters. The average Bonchev–Trinajstić information content (AvgIpc) is 2.33. The largest absolute Gasteiger partial charge is 0.397 e. The monoisotopic (exact) mass is 300 g/mol. The van der Waals surface area contributed by atoms with Crippen LogP contribution < -0.4 is 11.1 Å². The molecule has 0 saturated heterocycles. The van der Waals surface area contributed by atoms with Crippen molar-refractivity contribution in [2.24, 2.45) is 0 Å². The lowest BCUT2D eigenvalue weighted by molar-refractivity contribution is 0.102. The molecular weight excluding hydrogens is 293 g/mol. The van der Waals surface area contributed by atoms with Gasteiger partial charge in [-0.25, -0.2) is 13.2 Å². The predicted molar refractivity (Wildman–Crippen MR) is 70.1 cm³/mol. The molecule has 0 bridgehead atoms. The van der Waals surface area contributed by atoms with Gasteiger partial charge in [-0.05, 0) is 24.3 Å².